The molecule has 0 amide bonds. The lowest BCUT2D eigenvalue weighted by Gasteiger charge is -2.48. The Morgan fingerprint density at radius 2 is 2.00 bits per heavy atom. The predicted molar refractivity (Wildman–Crippen MR) is 82.6 cm³/mol. The maximum absolute atomic E-state index is 5.25. The molecule has 1 aliphatic rings. The number of nitrogens with zero attached hydrogens (tertiary/aromatic N) is 1. The third-order valence-electron chi connectivity index (χ3n) is 4.24. The lowest BCUT2D eigenvalue weighted by Crippen LogP contribution is -2.64. The second-order valence-corrected chi connectivity index (χ2v) is 7.89. The van der Waals surface area contributed by atoms with E-state index in [-0.39, 0.29) is 5.54 Å². The first-order chi connectivity index (χ1) is 8.67. The molecule has 1 fully saturated rings. The van der Waals surface area contributed by atoms with Crippen molar-refractivity contribution in [3.8, 4) is 0 Å². The molecule has 1 N–H and O–H groups in total. The minimum atomic E-state index is 0.225. The van der Waals surface area contributed by atoms with Gasteiger partial charge in [0, 0.05) is 44.9 Å². The zero-order chi connectivity index (χ0) is 14.7. The standard InChI is InChI=1S/C16H34N2O/c1-13(2)14-10-17-16(5,6)12-18(14)11-15(3,4)8-9-19-7/h13-14,17H,8-12H2,1-7H3. The Morgan fingerprint density at radius 1 is 1.37 bits per heavy atom. The van der Waals surface area contributed by atoms with Crippen molar-refractivity contribution in [2.75, 3.05) is 33.4 Å². The van der Waals surface area contributed by atoms with E-state index in [9.17, 15) is 0 Å². The molecule has 0 aromatic carbocycles. The van der Waals surface area contributed by atoms with Crippen LogP contribution in [0.2, 0.25) is 0 Å². The molecule has 3 heteroatoms. The van der Waals surface area contributed by atoms with Crippen molar-refractivity contribution in [2.45, 2.75) is 59.5 Å². The summed E-state index contributed by atoms with van der Waals surface area (Å²) in [6, 6.07) is 0.648. The van der Waals surface area contributed by atoms with Gasteiger partial charge in [-0.3, -0.25) is 4.90 Å². The number of hydrogen-bond donors (Lipinski definition) is 1. The van der Waals surface area contributed by atoms with Crippen molar-refractivity contribution >= 4 is 0 Å². The maximum Gasteiger partial charge on any atom is 0.0467 e. The van der Waals surface area contributed by atoms with Gasteiger partial charge >= 0.3 is 0 Å². The molecule has 0 radical (unpaired) electrons. The van der Waals surface area contributed by atoms with Crippen LogP contribution in [0.4, 0.5) is 0 Å². The summed E-state index contributed by atoms with van der Waals surface area (Å²) in [4.78, 5) is 2.69. The normalized spacial score (nSPS) is 24.9. The lowest BCUT2D eigenvalue weighted by atomic mass is 9.85. The average Bonchev–Trinajstić information content (AvgIpc) is 2.24. The quantitative estimate of drug-likeness (QED) is 0.803. The molecule has 1 rings (SSSR count). The van der Waals surface area contributed by atoms with E-state index in [1.165, 1.54) is 0 Å². The van der Waals surface area contributed by atoms with Crippen LogP contribution >= 0.6 is 0 Å². The number of hydrogen-bond acceptors (Lipinski definition) is 3. The summed E-state index contributed by atoms with van der Waals surface area (Å²) in [5, 5.41) is 3.68. The molecule has 0 spiro atoms. The molecule has 1 heterocycles. The number of nitrogens with one attached hydrogen (secondary N) is 1. The highest BCUT2D eigenvalue weighted by Crippen LogP contribution is 2.27. The minimum Gasteiger partial charge on any atom is -0.385 e. The Labute approximate surface area is 120 Å². The lowest BCUT2D eigenvalue weighted by molar-refractivity contribution is 0.0283. The van der Waals surface area contributed by atoms with E-state index in [1.807, 2.05) is 0 Å². The highest BCUT2D eigenvalue weighted by atomic mass is 16.5. The molecule has 0 aromatic heterocycles. The summed E-state index contributed by atoms with van der Waals surface area (Å²) >= 11 is 0. The van der Waals surface area contributed by atoms with Gasteiger partial charge < -0.3 is 10.1 Å². The van der Waals surface area contributed by atoms with Gasteiger partial charge in [-0.1, -0.05) is 27.7 Å². The Bertz CT molecular complexity index is 274. The first kappa shape index (κ1) is 16.9. The van der Waals surface area contributed by atoms with Crippen LogP contribution < -0.4 is 5.32 Å². The second-order valence-electron chi connectivity index (χ2n) is 7.89. The predicted octanol–water partition coefficient (Wildman–Crippen LogP) is 2.76. The fourth-order valence-electron chi connectivity index (χ4n) is 3.03. The molecule has 1 aliphatic heterocycles. The minimum absolute atomic E-state index is 0.225. The third-order valence-corrected chi connectivity index (χ3v) is 4.24. The molecule has 3 nitrogen and oxygen atoms in total. The van der Waals surface area contributed by atoms with E-state index in [4.69, 9.17) is 4.74 Å². The average molecular weight is 270 g/mol. The van der Waals surface area contributed by atoms with Crippen molar-refractivity contribution in [3.63, 3.8) is 0 Å². The molecule has 0 aliphatic carbocycles. The van der Waals surface area contributed by atoms with Crippen LogP contribution in [0.5, 0.6) is 0 Å². The summed E-state index contributed by atoms with van der Waals surface area (Å²) in [5.74, 6) is 0.696. The van der Waals surface area contributed by atoms with E-state index in [2.05, 4.69) is 51.8 Å². The highest BCUT2D eigenvalue weighted by Gasteiger charge is 2.36. The smallest absolute Gasteiger partial charge is 0.0467 e. The molecule has 114 valence electrons. The number of ether oxygens (including phenoxy) is 1. The second kappa shape index (κ2) is 6.55. The number of methoxy groups -OCH3 is 1. The largest absolute Gasteiger partial charge is 0.385 e. The van der Waals surface area contributed by atoms with E-state index >= 15 is 0 Å². The number of rotatable bonds is 6. The molecule has 0 bridgehead atoms. The van der Waals surface area contributed by atoms with Gasteiger partial charge in [-0.25, -0.2) is 0 Å². The van der Waals surface area contributed by atoms with Gasteiger partial charge in [-0.15, -0.1) is 0 Å². The highest BCUT2D eigenvalue weighted by molar-refractivity contribution is 4.94. The van der Waals surface area contributed by atoms with Crippen molar-refractivity contribution < 1.29 is 4.74 Å². The zero-order valence-electron chi connectivity index (χ0n) is 14.0. The van der Waals surface area contributed by atoms with Crippen LogP contribution in [-0.4, -0.2) is 49.8 Å². The Balaban J connectivity index is 2.69. The van der Waals surface area contributed by atoms with Crippen molar-refractivity contribution in [1.82, 2.24) is 10.2 Å². The topological polar surface area (TPSA) is 24.5 Å². The Kier molecular flexibility index (Phi) is 5.84. The van der Waals surface area contributed by atoms with Gasteiger partial charge in [-0.2, -0.15) is 0 Å². The van der Waals surface area contributed by atoms with Crippen LogP contribution in [0, 0.1) is 11.3 Å². The fourth-order valence-corrected chi connectivity index (χ4v) is 3.03. The summed E-state index contributed by atoms with van der Waals surface area (Å²) in [7, 11) is 1.79. The van der Waals surface area contributed by atoms with Crippen LogP contribution in [-0.2, 0) is 4.74 Å². The van der Waals surface area contributed by atoms with Crippen LogP contribution in [0.15, 0.2) is 0 Å². The van der Waals surface area contributed by atoms with E-state index in [1.54, 1.807) is 7.11 Å². The van der Waals surface area contributed by atoms with Gasteiger partial charge in [0.25, 0.3) is 0 Å². The summed E-state index contributed by atoms with van der Waals surface area (Å²) < 4.78 is 5.25. The Morgan fingerprint density at radius 3 is 2.53 bits per heavy atom. The van der Waals surface area contributed by atoms with Crippen molar-refractivity contribution in [3.05, 3.63) is 0 Å². The maximum atomic E-state index is 5.25. The van der Waals surface area contributed by atoms with Crippen molar-refractivity contribution in [2.24, 2.45) is 11.3 Å². The van der Waals surface area contributed by atoms with Gasteiger partial charge in [0.15, 0.2) is 0 Å². The summed E-state index contributed by atoms with van der Waals surface area (Å²) in [5.41, 5.74) is 0.541. The van der Waals surface area contributed by atoms with E-state index in [0.29, 0.717) is 17.4 Å². The first-order valence-electron chi connectivity index (χ1n) is 7.65. The van der Waals surface area contributed by atoms with Gasteiger partial charge in [0.2, 0.25) is 0 Å². The SMILES string of the molecule is COCCC(C)(C)CN1CC(C)(C)NCC1C(C)C. The van der Waals surface area contributed by atoms with Gasteiger partial charge in [0.1, 0.15) is 0 Å². The van der Waals surface area contributed by atoms with Crippen molar-refractivity contribution in [1.29, 1.82) is 0 Å². The molecule has 1 unspecified atom stereocenters. The first-order valence-corrected chi connectivity index (χ1v) is 7.65. The van der Waals surface area contributed by atoms with Crippen LogP contribution in [0.3, 0.4) is 0 Å². The molecular formula is C16H34N2O. The molecule has 1 saturated heterocycles. The monoisotopic (exact) mass is 270 g/mol. The third kappa shape index (κ3) is 5.41. The summed E-state index contributed by atoms with van der Waals surface area (Å²) in [6.07, 6.45) is 1.12. The van der Waals surface area contributed by atoms with Crippen LogP contribution in [0.1, 0.15) is 48.0 Å². The molecule has 19 heavy (non-hydrogen) atoms. The van der Waals surface area contributed by atoms with E-state index in [0.717, 1.165) is 32.7 Å². The fraction of sp³-hybridized carbons (Fsp3) is 1.00. The van der Waals surface area contributed by atoms with Gasteiger partial charge in [0.05, 0.1) is 0 Å². The molecule has 1 atom stereocenters. The molecular weight excluding hydrogens is 236 g/mol. The van der Waals surface area contributed by atoms with E-state index < -0.39 is 0 Å². The number of piperazine rings is 1. The zero-order valence-corrected chi connectivity index (χ0v) is 14.0. The molecule has 0 aromatic rings. The van der Waals surface area contributed by atoms with Crippen LogP contribution in [0.25, 0.3) is 0 Å². The summed E-state index contributed by atoms with van der Waals surface area (Å²) in [6.45, 7) is 18.2. The molecule has 0 saturated carbocycles. The van der Waals surface area contributed by atoms with Gasteiger partial charge in [-0.05, 0) is 31.6 Å². The Hall–Kier alpha value is -0.120.